The molecule has 4 aromatic rings. The molecule has 0 saturated carbocycles. The van der Waals surface area contributed by atoms with Crippen LogP contribution in [0, 0.1) is 0 Å². The van der Waals surface area contributed by atoms with Crippen LogP contribution in [0.5, 0.6) is 0 Å². The van der Waals surface area contributed by atoms with Gasteiger partial charge in [0, 0.05) is 47.3 Å². The summed E-state index contributed by atoms with van der Waals surface area (Å²) < 4.78 is 0. The molecule has 0 unspecified atom stereocenters. The molecule has 0 aliphatic carbocycles. The number of nitrogens with zero attached hydrogens (tertiary/aromatic N) is 4. The second-order valence-electron chi connectivity index (χ2n) is 7.92. The molecule has 5 rings (SSSR count). The predicted molar refractivity (Wildman–Crippen MR) is 127 cm³/mol. The quantitative estimate of drug-likeness (QED) is 0.539. The van der Waals surface area contributed by atoms with E-state index in [1.807, 2.05) is 19.1 Å². The molecule has 0 bridgehead atoms. The van der Waals surface area contributed by atoms with Gasteiger partial charge >= 0.3 is 0 Å². The Hall–Kier alpha value is -3.67. The van der Waals surface area contributed by atoms with Crippen molar-refractivity contribution >= 4 is 34.3 Å². The Balaban J connectivity index is 1.62. The molecule has 0 spiro atoms. The van der Waals surface area contributed by atoms with Crippen LogP contribution < -0.4 is 15.5 Å². The summed E-state index contributed by atoms with van der Waals surface area (Å²) in [6.45, 7) is 8.43. The van der Waals surface area contributed by atoms with E-state index in [-0.39, 0.29) is 0 Å². The minimum absolute atomic E-state index is 0.751. The first-order valence-corrected chi connectivity index (χ1v) is 10.8. The Labute approximate surface area is 181 Å². The van der Waals surface area contributed by atoms with Crippen molar-refractivity contribution in [1.29, 1.82) is 0 Å². The van der Waals surface area contributed by atoms with Gasteiger partial charge in [-0.25, -0.2) is 0 Å². The van der Waals surface area contributed by atoms with Gasteiger partial charge in [-0.3, -0.25) is 15.1 Å². The standard InChI is InChI=1S/C25H26N6/c1-3-20-19(14-17(2)23-16-26-10-11-27-23)25(30-29-20)22-15-18-21(28-22)8-7-9-24(18)31-12-5-4-6-13-31/h3,7-11,14-16,28-29H,2,4-6,12-13H2,1H3/b19-14+,20-3+. The Kier molecular flexibility index (Phi) is 5.12. The summed E-state index contributed by atoms with van der Waals surface area (Å²) in [4.78, 5) is 14.6. The highest BCUT2D eigenvalue weighted by Crippen LogP contribution is 2.31. The van der Waals surface area contributed by atoms with Crippen LogP contribution in [0.3, 0.4) is 0 Å². The number of fused-ring (bicyclic) bond motifs is 1. The van der Waals surface area contributed by atoms with Gasteiger partial charge in [-0.15, -0.1) is 0 Å². The molecule has 1 fully saturated rings. The van der Waals surface area contributed by atoms with Crippen LogP contribution in [-0.2, 0) is 0 Å². The molecule has 4 heterocycles. The summed E-state index contributed by atoms with van der Waals surface area (Å²) in [6.07, 6.45) is 12.9. The molecule has 0 radical (unpaired) electrons. The SMILES string of the molecule is C=C(/C=c1/c(-c2cc3c(N4CCCCC4)cccc3[nH]2)n[nH]/c1=C/C)c1cnccn1. The van der Waals surface area contributed by atoms with E-state index in [4.69, 9.17) is 0 Å². The molecule has 3 aromatic heterocycles. The number of aromatic amines is 2. The average Bonchev–Trinajstić information content (AvgIpc) is 3.43. The van der Waals surface area contributed by atoms with E-state index in [0.29, 0.717) is 0 Å². The molecule has 31 heavy (non-hydrogen) atoms. The smallest absolute Gasteiger partial charge is 0.116 e. The van der Waals surface area contributed by atoms with Crippen LogP contribution >= 0.6 is 0 Å². The number of piperidine rings is 1. The third kappa shape index (κ3) is 3.65. The summed E-state index contributed by atoms with van der Waals surface area (Å²) in [5, 5.41) is 11.0. The van der Waals surface area contributed by atoms with Crippen molar-refractivity contribution in [3.63, 3.8) is 0 Å². The summed E-state index contributed by atoms with van der Waals surface area (Å²) in [5.41, 5.74) is 5.83. The third-order valence-electron chi connectivity index (χ3n) is 5.93. The number of benzene rings is 1. The van der Waals surface area contributed by atoms with E-state index in [1.54, 1.807) is 18.6 Å². The topological polar surface area (TPSA) is 73.5 Å². The lowest BCUT2D eigenvalue weighted by atomic mass is 10.1. The average molecular weight is 411 g/mol. The second kappa shape index (κ2) is 8.22. The number of nitrogens with one attached hydrogen (secondary N) is 2. The first-order valence-electron chi connectivity index (χ1n) is 10.8. The highest BCUT2D eigenvalue weighted by Gasteiger charge is 2.16. The number of aromatic nitrogens is 5. The van der Waals surface area contributed by atoms with E-state index in [1.165, 1.54) is 30.3 Å². The zero-order valence-corrected chi connectivity index (χ0v) is 17.7. The number of H-pyrrole nitrogens is 2. The molecule has 1 aromatic carbocycles. The molecular weight excluding hydrogens is 384 g/mol. The number of allylic oxidation sites excluding steroid dienone is 1. The molecule has 156 valence electrons. The number of hydrogen-bond acceptors (Lipinski definition) is 4. The molecule has 2 N–H and O–H groups in total. The Bertz CT molecular complexity index is 1340. The van der Waals surface area contributed by atoms with Gasteiger partial charge in [0.1, 0.15) is 5.69 Å². The lowest BCUT2D eigenvalue weighted by Gasteiger charge is -2.29. The lowest BCUT2D eigenvalue weighted by molar-refractivity contribution is 0.579. The number of hydrogen-bond donors (Lipinski definition) is 2. The van der Waals surface area contributed by atoms with E-state index in [0.717, 1.165) is 51.8 Å². The maximum absolute atomic E-state index is 4.63. The summed E-state index contributed by atoms with van der Waals surface area (Å²) in [5.74, 6) is 0. The van der Waals surface area contributed by atoms with Crippen LogP contribution in [0.25, 0.3) is 40.0 Å². The van der Waals surface area contributed by atoms with Crippen molar-refractivity contribution < 1.29 is 0 Å². The molecule has 0 amide bonds. The van der Waals surface area contributed by atoms with Gasteiger partial charge in [0.15, 0.2) is 0 Å². The monoisotopic (exact) mass is 410 g/mol. The van der Waals surface area contributed by atoms with Crippen LogP contribution in [0.2, 0.25) is 0 Å². The highest BCUT2D eigenvalue weighted by atomic mass is 15.1. The number of rotatable bonds is 4. The van der Waals surface area contributed by atoms with Crippen LogP contribution in [0.1, 0.15) is 31.9 Å². The van der Waals surface area contributed by atoms with E-state index in [2.05, 4.69) is 60.9 Å². The van der Waals surface area contributed by atoms with E-state index < -0.39 is 0 Å². The molecule has 6 heteroatoms. The summed E-state index contributed by atoms with van der Waals surface area (Å²) in [6, 6.07) is 8.71. The van der Waals surface area contributed by atoms with E-state index >= 15 is 0 Å². The normalized spacial score (nSPS) is 15.7. The van der Waals surface area contributed by atoms with Crippen molar-refractivity contribution in [3.8, 4) is 11.4 Å². The maximum Gasteiger partial charge on any atom is 0.116 e. The van der Waals surface area contributed by atoms with Gasteiger partial charge in [-0.2, -0.15) is 5.10 Å². The second-order valence-corrected chi connectivity index (χ2v) is 7.92. The molecule has 1 saturated heterocycles. The van der Waals surface area contributed by atoms with Crippen molar-refractivity contribution in [2.24, 2.45) is 0 Å². The predicted octanol–water partition coefficient (Wildman–Crippen LogP) is 3.63. The van der Waals surface area contributed by atoms with Crippen LogP contribution in [-0.4, -0.2) is 38.2 Å². The van der Waals surface area contributed by atoms with Gasteiger partial charge < -0.3 is 9.88 Å². The lowest BCUT2D eigenvalue weighted by Crippen LogP contribution is -2.29. The first kappa shape index (κ1) is 19.3. The van der Waals surface area contributed by atoms with Crippen molar-refractivity contribution in [2.45, 2.75) is 26.2 Å². The molecular formula is C25H26N6. The zero-order chi connectivity index (χ0) is 21.2. The third-order valence-corrected chi connectivity index (χ3v) is 5.93. The highest BCUT2D eigenvalue weighted by molar-refractivity contribution is 5.96. The molecule has 0 atom stereocenters. The summed E-state index contributed by atoms with van der Waals surface area (Å²) >= 11 is 0. The largest absolute Gasteiger partial charge is 0.371 e. The van der Waals surface area contributed by atoms with Crippen molar-refractivity contribution in [3.05, 3.63) is 65.7 Å². The van der Waals surface area contributed by atoms with Gasteiger partial charge in [0.05, 0.1) is 22.9 Å². The Morgan fingerprint density at radius 3 is 2.81 bits per heavy atom. The maximum atomic E-state index is 4.63. The van der Waals surface area contributed by atoms with Crippen molar-refractivity contribution in [2.75, 3.05) is 18.0 Å². The van der Waals surface area contributed by atoms with Gasteiger partial charge in [0.25, 0.3) is 0 Å². The van der Waals surface area contributed by atoms with Crippen LogP contribution in [0.4, 0.5) is 5.69 Å². The first-order chi connectivity index (χ1) is 15.2. The van der Waals surface area contributed by atoms with Gasteiger partial charge in [-0.05, 0) is 56.0 Å². The number of anilines is 1. The Morgan fingerprint density at radius 2 is 2.03 bits per heavy atom. The van der Waals surface area contributed by atoms with Gasteiger partial charge in [-0.1, -0.05) is 18.7 Å². The fourth-order valence-corrected chi connectivity index (χ4v) is 4.33. The van der Waals surface area contributed by atoms with Crippen LogP contribution in [0.15, 0.2) is 49.4 Å². The minimum Gasteiger partial charge on any atom is -0.371 e. The van der Waals surface area contributed by atoms with E-state index in [9.17, 15) is 0 Å². The molecule has 1 aliphatic rings. The van der Waals surface area contributed by atoms with Crippen molar-refractivity contribution in [1.82, 2.24) is 25.1 Å². The molecule has 1 aliphatic heterocycles. The molecule has 6 nitrogen and oxygen atoms in total. The Morgan fingerprint density at radius 1 is 1.16 bits per heavy atom. The minimum atomic E-state index is 0.751. The zero-order valence-electron chi connectivity index (χ0n) is 17.7. The fraction of sp³-hybridized carbons (Fsp3) is 0.240. The fourth-order valence-electron chi connectivity index (χ4n) is 4.33. The summed E-state index contributed by atoms with van der Waals surface area (Å²) in [7, 11) is 0. The van der Waals surface area contributed by atoms with Gasteiger partial charge in [0.2, 0.25) is 0 Å².